The first-order valence-corrected chi connectivity index (χ1v) is 10.3. The Labute approximate surface area is 172 Å². The summed E-state index contributed by atoms with van der Waals surface area (Å²) in [5.41, 5.74) is 3.79. The van der Waals surface area contributed by atoms with Gasteiger partial charge in [-0.3, -0.25) is 4.79 Å². The highest BCUT2D eigenvalue weighted by atomic mass is 32.2. The maximum Gasteiger partial charge on any atom is 0.257 e. The van der Waals surface area contributed by atoms with Crippen LogP contribution in [0.4, 0.5) is 0 Å². The summed E-state index contributed by atoms with van der Waals surface area (Å²) in [6.45, 7) is 0.148. The Kier molecular flexibility index (Phi) is 5.93. The van der Waals surface area contributed by atoms with E-state index in [0.717, 1.165) is 22.2 Å². The summed E-state index contributed by atoms with van der Waals surface area (Å²) in [5, 5.41) is 13.7. The normalized spacial score (nSPS) is 12.0. The number of nitrogens with one attached hydrogen (secondary N) is 1. The summed E-state index contributed by atoms with van der Waals surface area (Å²) in [4.78, 5) is 17.1. The lowest BCUT2D eigenvalue weighted by molar-refractivity contribution is 0.0915. The number of thioether (sulfide) groups is 1. The topological polar surface area (TPSA) is 75.4 Å². The summed E-state index contributed by atoms with van der Waals surface area (Å²) in [7, 11) is 0. The van der Waals surface area contributed by atoms with Gasteiger partial charge in [0.05, 0.1) is 6.10 Å². The average Bonchev–Trinajstić information content (AvgIpc) is 3.19. The molecule has 3 aromatic carbocycles. The summed E-state index contributed by atoms with van der Waals surface area (Å²) in [6.07, 6.45) is -0.749. The molecule has 0 saturated carbocycles. The summed E-state index contributed by atoms with van der Waals surface area (Å²) < 4.78 is 5.74. The van der Waals surface area contributed by atoms with Gasteiger partial charge in [-0.05, 0) is 29.3 Å². The Hall–Kier alpha value is -3.09. The van der Waals surface area contributed by atoms with Crippen molar-refractivity contribution in [2.45, 2.75) is 17.1 Å². The molecular weight excluding hydrogens is 384 g/mol. The van der Waals surface area contributed by atoms with Gasteiger partial charge in [-0.15, -0.1) is 0 Å². The van der Waals surface area contributed by atoms with Crippen molar-refractivity contribution in [3.8, 4) is 0 Å². The first-order chi connectivity index (χ1) is 14.2. The van der Waals surface area contributed by atoms with Crippen molar-refractivity contribution in [1.29, 1.82) is 0 Å². The number of rotatable bonds is 7. The number of para-hydroxylation sites is 2. The molecule has 0 spiro atoms. The number of carbonyl (C=O) groups is 1. The van der Waals surface area contributed by atoms with Crippen LogP contribution in [0.2, 0.25) is 0 Å². The van der Waals surface area contributed by atoms with E-state index in [4.69, 9.17) is 4.42 Å². The van der Waals surface area contributed by atoms with Crippen LogP contribution in [0.3, 0.4) is 0 Å². The second-order valence-electron chi connectivity index (χ2n) is 6.53. The maximum absolute atomic E-state index is 12.7. The number of oxazole rings is 1. The number of hydrogen-bond donors (Lipinski definition) is 2. The van der Waals surface area contributed by atoms with E-state index >= 15 is 0 Å². The Morgan fingerprint density at radius 2 is 1.72 bits per heavy atom. The fourth-order valence-electron chi connectivity index (χ4n) is 3.00. The van der Waals surface area contributed by atoms with E-state index in [1.807, 2.05) is 72.8 Å². The van der Waals surface area contributed by atoms with Gasteiger partial charge in [0.25, 0.3) is 11.1 Å². The third kappa shape index (κ3) is 4.67. The number of aliphatic hydroxyl groups excluding tert-OH is 1. The van der Waals surface area contributed by atoms with Crippen LogP contribution in [0.5, 0.6) is 0 Å². The lowest BCUT2D eigenvalue weighted by Gasteiger charge is -2.13. The molecule has 6 heteroatoms. The van der Waals surface area contributed by atoms with E-state index in [-0.39, 0.29) is 12.5 Å². The van der Waals surface area contributed by atoms with Crippen molar-refractivity contribution in [3.05, 3.63) is 95.6 Å². The van der Waals surface area contributed by atoms with Gasteiger partial charge >= 0.3 is 0 Å². The maximum atomic E-state index is 12.7. The number of carbonyl (C=O) groups excluding carboxylic acids is 1. The van der Waals surface area contributed by atoms with E-state index in [0.29, 0.717) is 16.5 Å². The lowest BCUT2D eigenvalue weighted by atomic mass is 10.1. The monoisotopic (exact) mass is 404 g/mol. The minimum absolute atomic E-state index is 0.148. The third-order valence-corrected chi connectivity index (χ3v) is 5.40. The molecule has 0 aliphatic rings. The molecule has 1 unspecified atom stereocenters. The molecule has 1 amide bonds. The zero-order valence-corrected chi connectivity index (χ0v) is 16.4. The van der Waals surface area contributed by atoms with E-state index in [2.05, 4.69) is 10.3 Å². The van der Waals surface area contributed by atoms with Gasteiger partial charge in [-0.25, -0.2) is 4.98 Å². The van der Waals surface area contributed by atoms with Crippen LogP contribution in [-0.4, -0.2) is 22.5 Å². The Morgan fingerprint density at radius 3 is 2.55 bits per heavy atom. The molecule has 146 valence electrons. The molecule has 0 radical (unpaired) electrons. The van der Waals surface area contributed by atoms with Crippen molar-refractivity contribution in [2.75, 3.05) is 6.54 Å². The molecule has 0 aliphatic carbocycles. The summed E-state index contributed by atoms with van der Waals surface area (Å²) >= 11 is 1.44. The number of nitrogens with zero attached hydrogens (tertiary/aromatic N) is 1. The number of benzene rings is 3. The van der Waals surface area contributed by atoms with Crippen molar-refractivity contribution >= 4 is 28.8 Å². The average molecular weight is 404 g/mol. The second-order valence-corrected chi connectivity index (χ2v) is 7.46. The fourth-order valence-corrected chi connectivity index (χ4v) is 3.84. The molecule has 0 aliphatic heterocycles. The molecule has 1 atom stereocenters. The summed E-state index contributed by atoms with van der Waals surface area (Å²) in [6, 6.07) is 24.3. The van der Waals surface area contributed by atoms with Gasteiger partial charge in [0.15, 0.2) is 5.58 Å². The SMILES string of the molecule is O=C(NCC(O)c1ccccc1)c1ccccc1CSc1nc2ccccc2o1. The van der Waals surface area contributed by atoms with Gasteiger partial charge in [-0.1, -0.05) is 72.4 Å². The zero-order valence-electron chi connectivity index (χ0n) is 15.6. The molecule has 2 N–H and O–H groups in total. The smallest absolute Gasteiger partial charge is 0.257 e. The summed E-state index contributed by atoms with van der Waals surface area (Å²) in [5.74, 6) is 0.339. The van der Waals surface area contributed by atoms with Crippen LogP contribution in [0.1, 0.15) is 27.6 Å². The number of fused-ring (bicyclic) bond motifs is 1. The fraction of sp³-hybridized carbons (Fsp3) is 0.130. The highest BCUT2D eigenvalue weighted by Crippen LogP contribution is 2.27. The van der Waals surface area contributed by atoms with Gasteiger partial charge in [0.2, 0.25) is 0 Å². The highest BCUT2D eigenvalue weighted by molar-refractivity contribution is 7.98. The Balaban J connectivity index is 1.41. The number of hydrogen-bond acceptors (Lipinski definition) is 5. The van der Waals surface area contributed by atoms with Crippen LogP contribution in [0, 0.1) is 0 Å². The quantitative estimate of drug-likeness (QED) is 0.441. The standard InChI is InChI=1S/C23H20N2O3S/c26-20(16-8-2-1-3-9-16)14-24-22(27)18-11-5-4-10-17(18)15-29-23-25-19-12-6-7-13-21(19)28-23/h1-13,20,26H,14-15H2,(H,24,27). The molecule has 0 saturated heterocycles. The zero-order chi connectivity index (χ0) is 20.1. The van der Waals surface area contributed by atoms with Crippen LogP contribution < -0.4 is 5.32 Å². The van der Waals surface area contributed by atoms with Gasteiger partial charge in [0.1, 0.15) is 5.52 Å². The lowest BCUT2D eigenvalue weighted by Crippen LogP contribution is -2.29. The van der Waals surface area contributed by atoms with E-state index in [1.165, 1.54) is 11.8 Å². The second kappa shape index (κ2) is 8.94. The number of amides is 1. The Bertz CT molecular complexity index is 1080. The predicted molar refractivity (Wildman–Crippen MR) is 114 cm³/mol. The van der Waals surface area contributed by atoms with Crippen LogP contribution in [-0.2, 0) is 5.75 Å². The highest BCUT2D eigenvalue weighted by Gasteiger charge is 2.15. The Morgan fingerprint density at radius 1 is 1.00 bits per heavy atom. The molecule has 1 aromatic heterocycles. The molecule has 1 heterocycles. The molecular formula is C23H20N2O3S. The van der Waals surface area contributed by atoms with Crippen LogP contribution in [0.15, 0.2) is 88.5 Å². The first-order valence-electron chi connectivity index (χ1n) is 9.28. The van der Waals surface area contributed by atoms with Crippen molar-refractivity contribution < 1.29 is 14.3 Å². The van der Waals surface area contributed by atoms with Crippen molar-refractivity contribution in [3.63, 3.8) is 0 Å². The number of aromatic nitrogens is 1. The minimum Gasteiger partial charge on any atom is -0.431 e. The van der Waals surface area contributed by atoms with E-state index in [1.54, 1.807) is 6.07 Å². The molecule has 0 bridgehead atoms. The van der Waals surface area contributed by atoms with E-state index < -0.39 is 6.10 Å². The van der Waals surface area contributed by atoms with Gasteiger partial charge < -0.3 is 14.8 Å². The third-order valence-electron chi connectivity index (χ3n) is 4.53. The molecule has 4 aromatic rings. The van der Waals surface area contributed by atoms with Crippen LogP contribution in [0.25, 0.3) is 11.1 Å². The van der Waals surface area contributed by atoms with Crippen LogP contribution >= 0.6 is 11.8 Å². The minimum atomic E-state index is -0.749. The van der Waals surface area contributed by atoms with Crippen molar-refractivity contribution in [2.24, 2.45) is 0 Å². The van der Waals surface area contributed by atoms with E-state index in [9.17, 15) is 9.90 Å². The van der Waals surface area contributed by atoms with Gasteiger partial charge in [-0.2, -0.15) is 0 Å². The predicted octanol–water partition coefficient (Wildman–Crippen LogP) is 4.58. The molecule has 4 rings (SSSR count). The largest absolute Gasteiger partial charge is 0.431 e. The molecule has 0 fully saturated rings. The van der Waals surface area contributed by atoms with Crippen molar-refractivity contribution in [1.82, 2.24) is 10.3 Å². The van der Waals surface area contributed by atoms with Gasteiger partial charge in [0, 0.05) is 17.9 Å². The first kappa shape index (κ1) is 19.2. The number of aliphatic hydroxyl groups is 1. The molecule has 29 heavy (non-hydrogen) atoms. The molecule has 5 nitrogen and oxygen atoms in total.